The van der Waals surface area contributed by atoms with Crippen molar-refractivity contribution in [2.24, 2.45) is 4.99 Å². The average Bonchev–Trinajstić information content (AvgIpc) is 3.09. The first-order chi connectivity index (χ1) is 12.0. The van der Waals surface area contributed by atoms with E-state index in [0.29, 0.717) is 19.0 Å². The smallest absolute Gasteiger partial charge is 0.191 e. The molecule has 4 nitrogen and oxygen atoms in total. The number of aliphatic imine (C=N–C) groups is 1. The molecule has 2 rings (SSSR count). The van der Waals surface area contributed by atoms with E-state index in [9.17, 15) is 8.78 Å². The predicted octanol–water partition coefficient (Wildman–Crippen LogP) is 4.00. The Morgan fingerprint density at radius 1 is 1.23 bits per heavy atom. The molecule has 1 atom stereocenters. The fourth-order valence-electron chi connectivity index (χ4n) is 2.38. The van der Waals surface area contributed by atoms with Crippen LogP contribution >= 0.6 is 35.3 Å². The van der Waals surface area contributed by atoms with Gasteiger partial charge in [0.1, 0.15) is 11.6 Å². The summed E-state index contributed by atoms with van der Waals surface area (Å²) in [5.74, 6) is -0.338. The van der Waals surface area contributed by atoms with Crippen molar-refractivity contribution < 1.29 is 8.78 Å². The fourth-order valence-corrected chi connectivity index (χ4v) is 3.30. The molecule has 8 heteroatoms. The van der Waals surface area contributed by atoms with Crippen molar-refractivity contribution in [2.45, 2.75) is 19.5 Å². The van der Waals surface area contributed by atoms with Crippen LogP contribution in [0.3, 0.4) is 0 Å². The first-order valence-electron chi connectivity index (χ1n) is 8.17. The Morgan fingerprint density at radius 3 is 2.62 bits per heavy atom. The van der Waals surface area contributed by atoms with Gasteiger partial charge in [0.25, 0.3) is 0 Å². The van der Waals surface area contributed by atoms with Crippen LogP contribution in [0.5, 0.6) is 0 Å². The van der Waals surface area contributed by atoms with Crippen LogP contribution in [0.1, 0.15) is 23.4 Å². The molecule has 0 fully saturated rings. The van der Waals surface area contributed by atoms with Crippen molar-refractivity contribution in [3.8, 4) is 0 Å². The molecule has 0 saturated heterocycles. The first-order valence-corrected chi connectivity index (χ1v) is 9.05. The number of guanidine groups is 1. The van der Waals surface area contributed by atoms with Gasteiger partial charge in [-0.2, -0.15) is 0 Å². The molecule has 2 N–H and O–H groups in total. The summed E-state index contributed by atoms with van der Waals surface area (Å²) in [4.78, 5) is 7.76. The molecule has 1 unspecified atom stereocenters. The summed E-state index contributed by atoms with van der Waals surface area (Å²) in [5, 5.41) is 8.47. The maximum atomic E-state index is 13.7. The molecule has 2 aromatic rings. The summed E-state index contributed by atoms with van der Waals surface area (Å²) in [7, 11) is 4.05. The monoisotopic (exact) mass is 494 g/mol. The van der Waals surface area contributed by atoms with E-state index in [1.807, 2.05) is 27.1 Å². The molecule has 0 saturated carbocycles. The van der Waals surface area contributed by atoms with Gasteiger partial charge in [-0.05, 0) is 50.7 Å². The molecule has 0 aliphatic carbocycles. The minimum absolute atomic E-state index is 0. The van der Waals surface area contributed by atoms with Crippen LogP contribution in [-0.2, 0) is 6.54 Å². The molecule has 0 spiro atoms. The molecule has 0 aliphatic rings. The number of hydrogen-bond acceptors (Lipinski definition) is 3. The fraction of sp³-hybridized carbons (Fsp3) is 0.389. The number of nitrogens with zero attached hydrogens (tertiary/aromatic N) is 2. The minimum atomic E-state index is -0.463. The highest BCUT2D eigenvalue weighted by molar-refractivity contribution is 14.0. The lowest BCUT2D eigenvalue weighted by molar-refractivity contribution is 0.302. The van der Waals surface area contributed by atoms with Gasteiger partial charge >= 0.3 is 0 Å². The van der Waals surface area contributed by atoms with Gasteiger partial charge in [0, 0.05) is 23.5 Å². The molecule has 1 heterocycles. The van der Waals surface area contributed by atoms with Crippen molar-refractivity contribution in [2.75, 3.05) is 27.2 Å². The van der Waals surface area contributed by atoms with Crippen LogP contribution < -0.4 is 10.6 Å². The third kappa shape index (κ3) is 6.81. The largest absolute Gasteiger partial charge is 0.357 e. The summed E-state index contributed by atoms with van der Waals surface area (Å²) < 4.78 is 27.0. The molecule has 1 aromatic heterocycles. The van der Waals surface area contributed by atoms with E-state index in [-0.39, 0.29) is 42.1 Å². The van der Waals surface area contributed by atoms with Crippen molar-refractivity contribution in [1.82, 2.24) is 15.5 Å². The molecule has 0 aliphatic heterocycles. The number of rotatable bonds is 7. The Balaban J connectivity index is 0.00000338. The summed E-state index contributed by atoms with van der Waals surface area (Å²) in [5.41, 5.74) is 0.236. The Hall–Kier alpha value is -1.26. The summed E-state index contributed by atoms with van der Waals surface area (Å²) >= 11 is 1.70. The maximum absolute atomic E-state index is 13.7. The number of thiophene rings is 1. The third-order valence-corrected chi connectivity index (χ3v) is 4.69. The normalized spacial score (nSPS) is 12.6. The van der Waals surface area contributed by atoms with E-state index in [1.165, 1.54) is 10.9 Å². The van der Waals surface area contributed by atoms with Gasteiger partial charge in [0.05, 0.1) is 12.6 Å². The second-order valence-corrected chi connectivity index (χ2v) is 6.79. The highest BCUT2D eigenvalue weighted by Crippen LogP contribution is 2.22. The van der Waals surface area contributed by atoms with Crippen molar-refractivity contribution >= 4 is 41.3 Å². The van der Waals surface area contributed by atoms with E-state index in [1.54, 1.807) is 11.3 Å². The van der Waals surface area contributed by atoms with Gasteiger partial charge < -0.3 is 15.5 Å². The molecule has 0 bridgehead atoms. The van der Waals surface area contributed by atoms with Crippen molar-refractivity contribution in [3.05, 3.63) is 57.8 Å². The van der Waals surface area contributed by atoms with E-state index in [0.717, 1.165) is 12.1 Å². The average molecular weight is 494 g/mol. The molecule has 1 aromatic carbocycles. The van der Waals surface area contributed by atoms with Crippen LogP contribution in [0, 0.1) is 11.6 Å². The van der Waals surface area contributed by atoms with E-state index in [2.05, 4.69) is 32.0 Å². The van der Waals surface area contributed by atoms with Gasteiger partial charge in [-0.1, -0.05) is 6.07 Å². The van der Waals surface area contributed by atoms with E-state index < -0.39 is 11.6 Å². The molecule has 0 radical (unpaired) electrons. The number of hydrogen-bond donors (Lipinski definition) is 2. The van der Waals surface area contributed by atoms with Crippen molar-refractivity contribution in [1.29, 1.82) is 0 Å². The standard InChI is InChI=1S/C18H24F2N4S.HI/c1-4-21-18(22-11-13-10-14(19)7-8-15(13)20)23-12-16(24(2)3)17-6-5-9-25-17;/h5-10,16H,4,11-12H2,1-3H3,(H2,21,22,23);1H. The first kappa shape index (κ1) is 22.8. The molecular formula is C18H25F2IN4S. The van der Waals surface area contributed by atoms with Gasteiger partial charge in [-0.3, -0.25) is 0 Å². The SMILES string of the molecule is CCNC(=NCc1cc(F)ccc1F)NCC(c1cccs1)N(C)C.I. The van der Waals surface area contributed by atoms with Gasteiger partial charge in [0.15, 0.2) is 5.96 Å². The number of nitrogens with one attached hydrogen (secondary N) is 2. The Kier molecular flexibility index (Phi) is 10.0. The predicted molar refractivity (Wildman–Crippen MR) is 115 cm³/mol. The Labute approximate surface area is 174 Å². The number of benzene rings is 1. The Bertz CT molecular complexity index is 693. The lowest BCUT2D eigenvalue weighted by atomic mass is 10.2. The van der Waals surface area contributed by atoms with E-state index in [4.69, 9.17) is 0 Å². The van der Waals surface area contributed by atoms with Gasteiger partial charge in [-0.15, -0.1) is 35.3 Å². The van der Waals surface area contributed by atoms with Crippen molar-refractivity contribution in [3.63, 3.8) is 0 Å². The molecule has 144 valence electrons. The maximum Gasteiger partial charge on any atom is 0.191 e. The quantitative estimate of drug-likeness (QED) is 0.347. The summed E-state index contributed by atoms with van der Waals surface area (Å²) in [6, 6.07) is 7.74. The highest BCUT2D eigenvalue weighted by atomic mass is 127. The second-order valence-electron chi connectivity index (χ2n) is 5.81. The van der Waals surface area contributed by atoms with Crippen LogP contribution in [-0.4, -0.2) is 38.0 Å². The lowest BCUT2D eigenvalue weighted by Crippen LogP contribution is -2.41. The van der Waals surface area contributed by atoms with Gasteiger partial charge in [-0.25, -0.2) is 13.8 Å². The number of likely N-dealkylation sites (N-methyl/N-ethyl adjacent to an activating group) is 1. The topological polar surface area (TPSA) is 39.7 Å². The zero-order valence-electron chi connectivity index (χ0n) is 15.1. The molecule has 26 heavy (non-hydrogen) atoms. The zero-order chi connectivity index (χ0) is 18.2. The van der Waals surface area contributed by atoms with Crippen LogP contribution in [0.15, 0.2) is 40.7 Å². The second kappa shape index (κ2) is 11.5. The van der Waals surface area contributed by atoms with Gasteiger partial charge in [0.2, 0.25) is 0 Å². The molecule has 0 amide bonds. The van der Waals surface area contributed by atoms with Crippen LogP contribution in [0.4, 0.5) is 8.78 Å². The van der Waals surface area contributed by atoms with E-state index >= 15 is 0 Å². The highest BCUT2D eigenvalue weighted by Gasteiger charge is 2.15. The summed E-state index contributed by atoms with van der Waals surface area (Å²) in [6.45, 7) is 3.38. The number of halogens is 3. The van der Waals surface area contributed by atoms with Crippen LogP contribution in [0.25, 0.3) is 0 Å². The Morgan fingerprint density at radius 2 is 2.00 bits per heavy atom. The van der Waals surface area contributed by atoms with Crippen LogP contribution in [0.2, 0.25) is 0 Å². The third-order valence-electron chi connectivity index (χ3n) is 3.72. The molecular weight excluding hydrogens is 469 g/mol. The minimum Gasteiger partial charge on any atom is -0.357 e. The lowest BCUT2D eigenvalue weighted by Gasteiger charge is -2.24. The zero-order valence-corrected chi connectivity index (χ0v) is 18.3. The summed E-state index contributed by atoms with van der Waals surface area (Å²) in [6.07, 6.45) is 0.